The predicted molar refractivity (Wildman–Crippen MR) is 88.1 cm³/mol. The molecular weight excluding hydrogens is 314 g/mol. The van der Waals surface area contributed by atoms with E-state index in [1.165, 1.54) is 42.1 Å². The molecule has 112 valence electrons. The van der Waals surface area contributed by atoms with E-state index in [9.17, 15) is 0 Å². The van der Waals surface area contributed by atoms with Crippen molar-refractivity contribution in [1.82, 2.24) is 5.32 Å². The number of hydrogen-bond acceptors (Lipinski definition) is 2. The van der Waals surface area contributed by atoms with Crippen molar-refractivity contribution in [2.45, 2.75) is 57.1 Å². The van der Waals surface area contributed by atoms with Crippen LogP contribution >= 0.6 is 15.9 Å². The first-order valence-electron chi connectivity index (χ1n) is 7.74. The number of hydrogen-bond donors (Lipinski definition) is 1. The highest BCUT2D eigenvalue weighted by Gasteiger charge is 2.39. The van der Waals surface area contributed by atoms with Crippen LogP contribution in [-0.2, 0) is 11.2 Å². The van der Waals surface area contributed by atoms with Crippen LogP contribution in [0.4, 0.5) is 0 Å². The molecule has 0 spiro atoms. The molecule has 1 aromatic rings. The summed E-state index contributed by atoms with van der Waals surface area (Å²) in [5, 5.41) is 3.67. The smallest absolute Gasteiger partial charge is 0.0834 e. The lowest BCUT2D eigenvalue weighted by atomic mass is 9.77. The molecule has 0 radical (unpaired) electrons. The summed E-state index contributed by atoms with van der Waals surface area (Å²) in [6.45, 7) is 3.17. The molecule has 0 aliphatic heterocycles. The molecule has 0 saturated heterocycles. The van der Waals surface area contributed by atoms with E-state index in [1.54, 1.807) is 0 Å². The van der Waals surface area contributed by atoms with Gasteiger partial charge in [-0.1, -0.05) is 60.3 Å². The molecule has 0 heterocycles. The third-order valence-corrected chi connectivity index (χ3v) is 5.35. The largest absolute Gasteiger partial charge is 0.377 e. The van der Waals surface area contributed by atoms with Gasteiger partial charge < -0.3 is 10.1 Å². The zero-order valence-corrected chi connectivity index (χ0v) is 14.2. The Kier molecular flexibility index (Phi) is 6.06. The molecule has 20 heavy (non-hydrogen) atoms. The van der Waals surface area contributed by atoms with Crippen LogP contribution in [0.15, 0.2) is 28.7 Å². The highest BCUT2D eigenvalue weighted by Crippen LogP contribution is 2.36. The average Bonchev–Trinajstić information content (AvgIpc) is 2.49. The maximum atomic E-state index is 6.03. The minimum atomic E-state index is 0.00351. The van der Waals surface area contributed by atoms with E-state index in [0.717, 1.165) is 13.0 Å². The van der Waals surface area contributed by atoms with Crippen molar-refractivity contribution < 1.29 is 4.74 Å². The maximum absolute atomic E-state index is 6.03. The van der Waals surface area contributed by atoms with E-state index < -0.39 is 0 Å². The molecule has 1 saturated carbocycles. The summed E-state index contributed by atoms with van der Waals surface area (Å²) < 4.78 is 7.23. The van der Waals surface area contributed by atoms with Crippen LogP contribution in [0.1, 0.15) is 44.6 Å². The lowest BCUT2D eigenvalue weighted by molar-refractivity contribution is -0.0670. The van der Waals surface area contributed by atoms with Crippen molar-refractivity contribution in [3.63, 3.8) is 0 Å². The van der Waals surface area contributed by atoms with Gasteiger partial charge >= 0.3 is 0 Å². The number of rotatable bonds is 6. The van der Waals surface area contributed by atoms with Crippen molar-refractivity contribution in [3.05, 3.63) is 34.3 Å². The van der Waals surface area contributed by atoms with Crippen molar-refractivity contribution in [2.75, 3.05) is 13.7 Å². The van der Waals surface area contributed by atoms with Crippen molar-refractivity contribution in [2.24, 2.45) is 0 Å². The van der Waals surface area contributed by atoms with Crippen molar-refractivity contribution >= 4 is 15.9 Å². The van der Waals surface area contributed by atoms with Gasteiger partial charge in [0.15, 0.2) is 0 Å². The quantitative estimate of drug-likeness (QED) is 0.833. The summed E-state index contributed by atoms with van der Waals surface area (Å²) in [5.41, 5.74) is 1.37. The minimum Gasteiger partial charge on any atom is -0.377 e. The molecule has 1 unspecified atom stereocenters. The molecule has 0 aromatic heterocycles. The first-order valence-corrected chi connectivity index (χ1v) is 8.53. The van der Waals surface area contributed by atoms with Gasteiger partial charge in [0.1, 0.15) is 0 Å². The fourth-order valence-electron chi connectivity index (χ4n) is 3.42. The van der Waals surface area contributed by atoms with E-state index in [2.05, 4.69) is 52.4 Å². The number of halogens is 1. The molecule has 1 N–H and O–H groups in total. The van der Waals surface area contributed by atoms with Gasteiger partial charge in [-0.2, -0.15) is 0 Å². The van der Waals surface area contributed by atoms with E-state index in [4.69, 9.17) is 4.74 Å². The summed E-state index contributed by atoms with van der Waals surface area (Å²) in [5.74, 6) is 0. The van der Waals surface area contributed by atoms with Gasteiger partial charge in [-0.05, 0) is 37.4 Å². The lowest BCUT2D eigenvalue weighted by Gasteiger charge is -2.43. The average molecular weight is 340 g/mol. The molecule has 0 amide bonds. The molecule has 3 heteroatoms. The zero-order valence-electron chi connectivity index (χ0n) is 12.6. The van der Waals surface area contributed by atoms with E-state index in [0.29, 0.717) is 6.04 Å². The molecule has 1 aliphatic rings. The standard InChI is InChI=1S/C17H26BrNO/c1-3-19-16(13-14-9-5-6-10-15(14)18)17(20-2)11-7-4-8-12-17/h5-6,9-10,16,19H,3-4,7-8,11-13H2,1-2H3. The third-order valence-electron chi connectivity index (χ3n) is 4.57. The number of benzene rings is 1. The number of likely N-dealkylation sites (N-methyl/N-ethyl adjacent to an activating group) is 1. The predicted octanol–water partition coefficient (Wildman–Crippen LogP) is 4.32. The fourth-order valence-corrected chi connectivity index (χ4v) is 3.87. The van der Waals surface area contributed by atoms with Crippen molar-refractivity contribution in [1.29, 1.82) is 0 Å². The number of ether oxygens (including phenoxy) is 1. The van der Waals surface area contributed by atoms with Crippen LogP contribution in [0.25, 0.3) is 0 Å². The van der Waals surface area contributed by atoms with Gasteiger partial charge in [-0.25, -0.2) is 0 Å². The van der Waals surface area contributed by atoms with Gasteiger partial charge in [0.25, 0.3) is 0 Å². The molecule has 0 bridgehead atoms. The van der Waals surface area contributed by atoms with E-state index in [1.807, 2.05) is 7.11 Å². The van der Waals surface area contributed by atoms with Crippen LogP contribution in [0, 0.1) is 0 Å². The van der Waals surface area contributed by atoms with Crippen LogP contribution in [0.3, 0.4) is 0 Å². The Bertz CT molecular complexity index is 415. The van der Waals surface area contributed by atoms with Crippen molar-refractivity contribution in [3.8, 4) is 0 Å². The second-order valence-electron chi connectivity index (χ2n) is 5.74. The lowest BCUT2D eigenvalue weighted by Crippen LogP contribution is -2.54. The summed E-state index contributed by atoms with van der Waals surface area (Å²) >= 11 is 3.67. The van der Waals surface area contributed by atoms with Crippen LogP contribution < -0.4 is 5.32 Å². The first-order chi connectivity index (χ1) is 9.72. The number of methoxy groups -OCH3 is 1. The molecular formula is C17H26BrNO. The van der Waals surface area contributed by atoms with Gasteiger partial charge in [0.05, 0.1) is 5.60 Å². The second kappa shape index (κ2) is 7.58. The molecule has 1 fully saturated rings. The Hall–Kier alpha value is -0.380. The van der Waals surface area contributed by atoms with Gasteiger partial charge in [0.2, 0.25) is 0 Å². The normalized spacial score (nSPS) is 19.8. The Labute approximate surface area is 131 Å². The zero-order chi connectivity index (χ0) is 14.4. The second-order valence-corrected chi connectivity index (χ2v) is 6.59. The first kappa shape index (κ1) is 16.0. The SMILES string of the molecule is CCNC(Cc1ccccc1Br)C1(OC)CCCCC1. The van der Waals surface area contributed by atoms with Gasteiger partial charge in [-0.3, -0.25) is 0 Å². The van der Waals surface area contributed by atoms with Crippen LogP contribution in [-0.4, -0.2) is 25.3 Å². The highest BCUT2D eigenvalue weighted by atomic mass is 79.9. The monoisotopic (exact) mass is 339 g/mol. The van der Waals surface area contributed by atoms with Crippen LogP contribution in [0.2, 0.25) is 0 Å². The van der Waals surface area contributed by atoms with Gasteiger partial charge in [-0.15, -0.1) is 0 Å². The topological polar surface area (TPSA) is 21.3 Å². The summed E-state index contributed by atoms with van der Waals surface area (Å²) in [7, 11) is 1.88. The summed E-state index contributed by atoms with van der Waals surface area (Å²) in [6.07, 6.45) is 7.27. The summed E-state index contributed by atoms with van der Waals surface area (Å²) in [6, 6.07) is 8.90. The molecule has 1 aliphatic carbocycles. The highest BCUT2D eigenvalue weighted by molar-refractivity contribution is 9.10. The number of nitrogens with one attached hydrogen (secondary N) is 1. The van der Waals surface area contributed by atoms with Crippen LogP contribution in [0.5, 0.6) is 0 Å². The molecule has 1 atom stereocenters. The Balaban J connectivity index is 2.19. The summed E-state index contributed by atoms with van der Waals surface area (Å²) in [4.78, 5) is 0. The maximum Gasteiger partial charge on any atom is 0.0834 e. The van der Waals surface area contributed by atoms with E-state index >= 15 is 0 Å². The molecule has 2 rings (SSSR count). The Morgan fingerprint density at radius 3 is 2.55 bits per heavy atom. The Morgan fingerprint density at radius 2 is 1.95 bits per heavy atom. The minimum absolute atomic E-state index is 0.00351. The molecule has 1 aromatic carbocycles. The third kappa shape index (κ3) is 3.63. The fraction of sp³-hybridized carbons (Fsp3) is 0.647. The molecule has 2 nitrogen and oxygen atoms in total. The van der Waals surface area contributed by atoms with E-state index in [-0.39, 0.29) is 5.60 Å². The Morgan fingerprint density at radius 1 is 1.25 bits per heavy atom. The van der Waals surface area contributed by atoms with Gasteiger partial charge in [0, 0.05) is 17.6 Å².